The van der Waals surface area contributed by atoms with Crippen LogP contribution in [-0.2, 0) is 0 Å². The summed E-state index contributed by atoms with van der Waals surface area (Å²) < 4.78 is 0. The molecule has 5 heteroatoms. The van der Waals surface area contributed by atoms with Crippen LogP contribution in [0.2, 0.25) is 0 Å². The van der Waals surface area contributed by atoms with Gasteiger partial charge in [-0.05, 0) is 43.2 Å². The molecular formula is C22H25N5. The van der Waals surface area contributed by atoms with E-state index in [1.165, 1.54) is 16.8 Å². The number of aromatic nitrogens is 2. The minimum absolute atomic E-state index is 0.822. The highest BCUT2D eigenvalue weighted by Gasteiger charge is 2.20. The molecule has 2 aromatic carbocycles. The number of aryl methyl sites for hydroxylation is 1. The summed E-state index contributed by atoms with van der Waals surface area (Å²) in [6.45, 7) is 8.29. The molecule has 0 spiro atoms. The van der Waals surface area contributed by atoms with Crippen molar-refractivity contribution in [3.8, 4) is 0 Å². The van der Waals surface area contributed by atoms with Crippen LogP contribution in [0.15, 0.2) is 60.9 Å². The van der Waals surface area contributed by atoms with Crippen LogP contribution in [0.4, 0.5) is 23.0 Å². The monoisotopic (exact) mass is 359 g/mol. The Bertz CT molecular complexity index is 902. The van der Waals surface area contributed by atoms with E-state index in [2.05, 4.69) is 57.1 Å². The third-order valence-corrected chi connectivity index (χ3v) is 5.22. The highest BCUT2D eigenvalue weighted by molar-refractivity contribution is 5.60. The van der Waals surface area contributed by atoms with Crippen LogP contribution in [0, 0.1) is 13.8 Å². The van der Waals surface area contributed by atoms with Gasteiger partial charge in [0, 0.05) is 43.6 Å². The van der Waals surface area contributed by atoms with Crippen molar-refractivity contribution in [2.24, 2.45) is 0 Å². The van der Waals surface area contributed by atoms with Crippen LogP contribution < -0.4 is 15.1 Å². The smallest absolute Gasteiger partial charge is 0.135 e. The van der Waals surface area contributed by atoms with Crippen molar-refractivity contribution in [2.75, 3.05) is 41.3 Å². The van der Waals surface area contributed by atoms with E-state index in [0.29, 0.717) is 0 Å². The van der Waals surface area contributed by atoms with Gasteiger partial charge in [-0.2, -0.15) is 0 Å². The molecule has 0 bridgehead atoms. The highest BCUT2D eigenvalue weighted by atomic mass is 15.3. The van der Waals surface area contributed by atoms with E-state index in [1.54, 1.807) is 6.33 Å². The fourth-order valence-corrected chi connectivity index (χ4v) is 3.51. The zero-order valence-electron chi connectivity index (χ0n) is 15.9. The van der Waals surface area contributed by atoms with Gasteiger partial charge in [-0.25, -0.2) is 9.97 Å². The van der Waals surface area contributed by atoms with Crippen molar-refractivity contribution in [1.82, 2.24) is 9.97 Å². The molecule has 0 aliphatic carbocycles. The Labute approximate surface area is 160 Å². The van der Waals surface area contributed by atoms with Crippen LogP contribution in [0.1, 0.15) is 11.1 Å². The summed E-state index contributed by atoms with van der Waals surface area (Å²) in [4.78, 5) is 13.7. The number of para-hydroxylation sites is 1. The lowest BCUT2D eigenvalue weighted by Gasteiger charge is -2.37. The van der Waals surface area contributed by atoms with Gasteiger partial charge in [-0.3, -0.25) is 0 Å². The molecule has 0 saturated carbocycles. The third-order valence-electron chi connectivity index (χ3n) is 5.22. The maximum Gasteiger partial charge on any atom is 0.135 e. The molecule has 0 unspecified atom stereocenters. The second-order valence-electron chi connectivity index (χ2n) is 6.95. The van der Waals surface area contributed by atoms with Crippen molar-refractivity contribution in [1.29, 1.82) is 0 Å². The molecule has 1 aliphatic rings. The van der Waals surface area contributed by atoms with Crippen molar-refractivity contribution in [2.45, 2.75) is 13.8 Å². The molecule has 0 atom stereocenters. The van der Waals surface area contributed by atoms with Gasteiger partial charge in [0.2, 0.25) is 0 Å². The largest absolute Gasteiger partial charge is 0.368 e. The number of anilines is 4. The molecule has 1 N–H and O–H groups in total. The van der Waals surface area contributed by atoms with Crippen molar-refractivity contribution >= 4 is 23.0 Å². The molecule has 0 amide bonds. The van der Waals surface area contributed by atoms with E-state index in [4.69, 9.17) is 0 Å². The summed E-state index contributed by atoms with van der Waals surface area (Å²) in [5.74, 6) is 1.80. The average Bonchev–Trinajstić information content (AvgIpc) is 2.71. The van der Waals surface area contributed by atoms with Gasteiger partial charge < -0.3 is 15.1 Å². The highest BCUT2D eigenvalue weighted by Crippen LogP contribution is 2.25. The van der Waals surface area contributed by atoms with Gasteiger partial charge in [-0.1, -0.05) is 30.3 Å². The number of hydrogen-bond acceptors (Lipinski definition) is 5. The predicted molar refractivity (Wildman–Crippen MR) is 112 cm³/mol. The lowest BCUT2D eigenvalue weighted by molar-refractivity contribution is 0.645. The summed E-state index contributed by atoms with van der Waals surface area (Å²) >= 11 is 0. The molecule has 1 aliphatic heterocycles. The van der Waals surface area contributed by atoms with Gasteiger partial charge in [0.15, 0.2) is 0 Å². The number of nitrogens with zero attached hydrogens (tertiary/aromatic N) is 4. The molecule has 1 aromatic heterocycles. The van der Waals surface area contributed by atoms with Gasteiger partial charge in [0.25, 0.3) is 0 Å². The minimum Gasteiger partial charge on any atom is -0.368 e. The molecule has 4 rings (SSSR count). The second-order valence-corrected chi connectivity index (χ2v) is 6.95. The van der Waals surface area contributed by atoms with E-state index in [0.717, 1.165) is 43.5 Å². The van der Waals surface area contributed by atoms with Crippen molar-refractivity contribution in [3.05, 3.63) is 72.1 Å². The summed E-state index contributed by atoms with van der Waals surface area (Å²) in [5.41, 5.74) is 5.11. The first-order valence-electron chi connectivity index (χ1n) is 9.41. The average molecular weight is 359 g/mol. The van der Waals surface area contributed by atoms with Crippen LogP contribution >= 0.6 is 0 Å². The fraction of sp³-hybridized carbons (Fsp3) is 0.273. The fourth-order valence-electron chi connectivity index (χ4n) is 3.51. The maximum atomic E-state index is 4.49. The lowest BCUT2D eigenvalue weighted by atomic mass is 10.1. The third kappa shape index (κ3) is 3.87. The van der Waals surface area contributed by atoms with Crippen molar-refractivity contribution in [3.63, 3.8) is 0 Å². The minimum atomic E-state index is 0.822. The topological polar surface area (TPSA) is 44.3 Å². The Morgan fingerprint density at radius 2 is 1.56 bits per heavy atom. The van der Waals surface area contributed by atoms with E-state index in [9.17, 15) is 0 Å². The zero-order chi connectivity index (χ0) is 18.6. The molecule has 5 nitrogen and oxygen atoms in total. The summed E-state index contributed by atoms with van der Waals surface area (Å²) in [7, 11) is 0. The molecule has 0 radical (unpaired) electrons. The molecule has 1 saturated heterocycles. The Morgan fingerprint density at radius 3 is 2.33 bits per heavy atom. The number of piperazine rings is 1. The molecular weight excluding hydrogens is 334 g/mol. The standard InChI is InChI=1S/C22H25N5/c1-17-7-6-10-20(18(17)2)26-11-13-27(14-12-26)22-15-21(23-16-24-22)25-19-8-4-3-5-9-19/h3-10,15-16H,11-14H2,1-2H3,(H,23,24,25). The number of hydrogen-bond donors (Lipinski definition) is 1. The normalized spacial score (nSPS) is 14.3. The maximum absolute atomic E-state index is 4.49. The molecule has 27 heavy (non-hydrogen) atoms. The van der Waals surface area contributed by atoms with Crippen LogP contribution in [0.25, 0.3) is 0 Å². The van der Waals surface area contributed by atoms with E-state index >= 15 is 0 Å². The van der Waals surface area contributed by atoms with Gasteiger partial charge in [0.1, 0.15) is 18.0 Å². The molecule has 3 aromatic rings. The van der Waals surface area contributed by atoms with Crippen LogP contribution in [0.3, 0.4) is 0 Å². The Morgan fingerprint density at radius 1 is 0.815 bits per heavy atom. The SMILES string of the molecule is Cc1cccc(N2CCN(c3cc(Nc4ccccc4)ncn3)CC2)c1C. The zero-order valence-corrected chi connectivity index (χ0v) is 15.9. The number of nitrogens with one attached hydrogen (secondary N) is 1. The summed E-state index contributed by atoms with van der Waals surface area (Å²) in [6, 6.07) is 18.7. The number of rotatable bonds is 4. The van der Waals surface area contributed by atoms with Crippen molar-refractivity contribution < 1.29 is 0 Å². The lowest BCUT2D eigenvalue weighted by Crippen LogP contribution is -2.47. The second kappa shape index (κ2) is 7.66. The first-order chi connectivity index (χ1) is 13.2. The van der Waals surface area contributed by atoms with Crippen LogP contribution in [-0.4, -0.2) is 36.1 Å². The first kappa shape index (κ1) is 17.3. The predicted octanol–water partition coefficient (Wildman–Crippen LogP) is 4.16. The quantitative estimate of drug-likeness (QED) is 0.758. The van der Waals surface area contributed by atoms with Gasteiger partial charge in [-0.15, -0.1) is 0 Å². The first-order valence-corrected chi connectivity index (χ1v) is 9.41. The summed E-state index contributed by atoms with van der Waals surface area (Å²) in [5, 5.41) is 3.34. The van der Waals surface area contributed by atoms with Crippen LogP contribution in [0.5, 0.6) is 0 Å². The molecule has 138 valence electrons. The molecule has 1 fully saturated rings. The van der Waals surface area contributed by atoms with E-state index in [1.807, 2.05) is 36.4 Å². The molecule has 2 heterocycles. The van der Waals surface area contributed by atoms with Gasteiger partial charge in [0.05, 0.1) is 0 Å². The van der Waals surface area contributed by atoms with Gasteiger partial charge >= 0.3 is 0 Å². The Hall–Kier alpha value is -3.08. The van der Waals surface area contributed by atoms with E-state index < -0.39 is 0 Å². The number of benzene rings is 2. The Balaban J connectivity index is 1.44. The Kier molecular flexibility index (Phi) is 4.92. The summed E-state index contributed by atoms with van der Waals surface area (Å²) in [6.07, 6.45) is 1.64. The van der Waals surface area contributed by atoms with E-state index in [-0.39, 0.29) is 0 Å².